The summed E-state index contributed by atoms with van der Waals surface area (Å²) < 4.78 is 1.66. The molecule has 0 atom stereocenters. The highest BCUT2D eigenvalue weighted by Crippen LogP contribution is 2.21. The predicted octanol–water partition coefficient (Wildman–Crippen LogP) is 1.28. The van der Waals surface area contributed by atoms with E-state index in [4.69, 9.17) is 5.73 Å². The lowest BCUT2D eigenvalue weighted by molar-refractivity contribution is 1.03. The summed E-state index contributed by atoms with van der Waals surface area (Å²) in [6.45, 7) is 3.64. The Morgan fingerprint density at radius 2 is 2.11 bits per heavy atom. The fourth-order valence-corrected chi connectivity index (χ4v) is 2.29. The molecule has 3 N–H and O–H groups in total. The quantitative estimate of drug-likeness (QED) is 0.685. The molecule has 0 amide bonds. The van der Waals surface area contributed by atoms with Crippen LogP contribution in [0.25, 0.3) is 16.9 Å². The number of nitrogens with zero attached hydrogens (tertiary/aromatic N) is 3. The van der Waals surface area contributed by atoms with Crippen molar-refractivity contribution in [3.05, 3.63) is 46.1 Å². The van der Waals surface area contributed by atoms with Crippen molar-refractivity contribution < 1.29 is 0 Å². The van der Waals surface area contributed by atoms with Crippen molar-refractivity contribution in [2.45, 2.75) is 13.8 Å². The van der Waals surface area contributed by atoms with Gasteiger partial charge in [-0.1, -0.05) is 6.07 Å². The third kappa shape index (κ3) is 1.61. The van der Waals surface area contributed by atoms with Gasteiger partial charge in [0.15, 0.2) is 0 Å². The van der Waals surface area contributed by atoms with Crippen molar-refractivity contribution in [2.75, 3.05) is 5.73 Å². The average molecular weight is 255 g/mol. The van der Waals surface area contributed by atoms with Gasteiger partial charge < -0.3 is 10.7 Å². The molecule has 0 radical (unpaired) electrons. The van der Waals surface area contributed by atoms with Crippen LogP contribution in [0.4, 0.5) is 5.95 Å². The summed E-state index contributed by atoms with van der Waals surface area (Å²) in [6, 6.07) is 5.53. The van der Waals surface area contributed by atoms with E-state index in [1.54, 1.807) is 17.5 Å². The summed E-state index contributed by atoms with van der Waals surface area (Å²) in [6.07, 6.45) is 1.68. The fourth-order valence-electron chi connectivity index (χ4n) is 2.29. The summed E-state index contributed by atoms with van der Waals surface area (Å²) in [5, 5.41) is 0. The largest absolute Gasteiger partial charge is 0.369 e. The minimum absolute atomic E-state index is 0.215. The summed E-state index contributed by atoms with van der Waals surface area (Å²) in [4.78, 5) is 23.4. The first-order valence-electron chi connectivity index (χ1n) is 5.88. The molecule has 3 rings (SSSR count). The van der Waals surface area contributed by atoms with Crippen molar-refractivity contribution in [3.8, 4) is 11.4 Å². The van der Waals surface area contributed by atoms with E-state index < -0.39 is 0 Å². The normalized spacial score (nSPS) is 11.1. The average Bonchev–Trinajstić information content (AvgIpc) is 2.71. The van der Waals surface area contributed by atoms with E-state index >= 15 is 0 Å². The Balaban J connectivity index is 2.44. The standard InChI is InChI=1S/C13H13N5O/c1-7-11-12(19)17-10(9-5-3-4-6-15-9)8(2)18(11)13(14)16-7/h3-6H,1-2H3,(H2,14,16)(H,17,19). The molecule has 6 heteroatoms. The molecule has 0 saturated heterocycles. The molecular formula is C13H13N5O. The molecular weight excluding hydrogens is 242 g/mol. The molecule has 0 aliphatic rings. The van der Waals surface area contributed by atoms with Crippen LogP contribution in [0.1, 0.15) is 11.4 Å². The van der Waals surface area contributed by atoms with E-state index in [1.165, 1.54) is 0 Å². The van der Waals surface area contributed by atoms with Crippen molar-refractivity contribution in [2.24, 2.45) is 0 Å². The van der Waals surface area contributed by atoms with Gasteiger partial charge in [0.1, 0.15) is 5.52 Å². The number of aryl methyl sites for hydroxylation is 2. The lowest BCUT2D eigenvalue weighted by atomic mass is 10.2. The van der Waals surface area contributed by atoms with Crippen LogP contribution < -0.4 is 11.3 Å². The van der Waals surface area contributed by atoms with E-state index in [9.17, 15) is 4.79 Å². The van der Waals surface area contributed by atoms with Crippen LogP contribution in [0, 0.1) is 13.8 Å². The zero-order valence-corrected chi connectivity index (χ0v) is 10.6. The van der Waals surface area contributed by atoms with E-state index in [-0.39, 0.29) is 5.56 Å². The molecule has 3 aromatic rings. The molecule has 6 nitrogen and oxygen atoms in total. The van der Waals surface area contributed by atoms with Crippen molar-refractivity contribution in [1.29, 1.82) is 0 Å². The summed E-state index contributed by atoms with van der Waals surface area (Å²) in [5.74, 6) is 0.313. The van der Waals surface area contributed by atoms with Gasteiger partial charge >= 0.3 is 0 Å². The number of rotatable bonds is 1. The number of imidazole rings is 1. The van der Waals surface area contributed by atoms with Gasteiger partial charge in [0.2, 0.25) is 5.95 Å². The Morgan fingerprint density at radius 1 is 1.32 bits per heavy atom. The Bertz CT molecular complexity index is 816. The van der Waals surface area contributed by atoms with E-state index in [0.717, 1.165) is 5.69 Å². The molecule has 0 spiro atoms. The third-order valence-corrected chi connectivity index (χ3v) is 3.15. The smallest absolute Gasteiger partial charge is 0.274 e. The zero-order chi connectivity index (χ0) is 13.6. The lowest BCUT2D eigenvalue weighted by Crippen LogP contribution is -2.15. The van der Waals surface area contributed by atoms with Gasteiger partial charge in [-0.25, -0.2) is 4.98 Å². The number of aromatic nitrogens is 4. The first-order chi connectivity index (χ1) is 9.09. The van der Waals surface area contributed by atoms with Gasteiger partial charge in [-0.15, -0.1) is 0 Å². The van der Waals surface area contributed by atoms with E-state index in [0.29, 0.717) is 28.5 Å². The van der Waals surface area contributed by atoms with Gasteiger partial charge in [0.05, 0.1) is 17.1 Å². The third-order valence-electron chi connectivity index (χ3n) is 3.15. The second-order valence-electron chi connectivity index (χ2n) is 4.37. The Kier molecular flexibility index (Phi) is 2.38. The first-order valence-corrected chi connectivity index (χ1v) is 5.88. The molecule has 0 saturated carbocycles. The maximum Gasteiger partial charge on any atom is 0.274 e. The van der Waals surface area contributed by atoms with Crippen molar-refractivity contribution in [1.82, 2.24) is 19.4 Å². The number of pyridine rings is 1. The molecule has 0 bridgehead atoms. The molecule has 19 heavy (non-hydrogen) atoms. The number of hydrogen-bond acceptors (Lipinski definition) is 4. The van der Waals surface area contributed by atoms with Crippen LogP contribution in [0.3, 0.4) is 0 Å². The van der Waals surface area contributed by atoms with Crippen LogP contribution in [-0.2, 0) is 0 Å². The van der Waals surface area contributed by atoms with Crippen LogP contribution in [0.2, 0.25) is 0 Å². The molecule has 0 unspecified atom stereocenters. The van der Waals surface area contributed by atoms with Gasteiger partial charge in [-0.2, -0.15) is 0 Å². The number of nitrogens with two attached hydrogens (primary N) is 1. The number of nitrogens with one attached hydrogen (secondary N) is 1. The van der Waals surface area contributed by atoms with Gasteiger partial charge in [0.25, 0.3) is 5.56 Å². The minimum atomic E-state index is -0.215. The monoisotopic (exact) mass is 255 g/mol. The predicted molar refractivity (Wildman–Crippen MR) is 72.9 cm³/mol. The lowest BCUT2D eigenvalue weighted by Gasteiger charge is -2.08. The number of nitrogen functional groups attached to an aromatic ring is 1. The number of fused-ring (bicyclic) bond motifs is 1. The van der Waals surface area contributed by atoms with Crippen LogP contribution in [0.5, 0.6) is 0 Å². The molecule has 0 aliphatic heterocycles. The number of aromatic amines is 1. The number of H-pyrrole nitrogens is 1. The summed E-state index contributed by atoms with van der Waals surface area (Å²) in [5.41, 5.74) is 8.92. The van der Waals surface area contributed by atoms with Crippen molar-refractivity contribution >= 4 is 11.5 Å². The topological polar surface area (TPSA) is 89.1 Å². The summed E-state index contributed by atoms with van der Waals surface area (Å²) >= 11 is 0. The molecule has 0 aromatic carbocycles. The zero-order valence-electron chi connectivity index (χ0n) is 10.6. The molecule has 3 heterocycles. The van der Waals surface area contributed by atoms with Gasteiger partial charge in [0, 0.05) is 11.9 Å². The Hall–Kier alpha value is -2.63. The Labute approximate surface area is 108 Å². The second kappa shape index (κ2) is 3.94. The van der Waals surface area contributed by atoms with E-state index in [2.05, 4.69) is 15.0 Å². The van der Waals surface area contributed by atoms with Crippen LogP contribution in [-0.4, -0.2) is 19.4 Å². The Morgan fingerprint density at radius 3 is 2.79 bits per heavy atom. The molecule has 0 aliphatic carbocycles. The van der Waals surface area contributed by atoms with Gasteiger partial charge in [-0.05, 0) is 26.0 Å². The SMILES string of the molecule is Cc1nc(N)n2c(C)c(-c3ccccn3)[nH]c(=O)c12. The van der Waals surface area contributed by atoms with Crippen molar-refractivity contribution in [3.63, 3.8) is 0 Å². The molecule has 3 aromatic heterocycles. The van der Waals surface area contributed by atoms with E-state index in [1.807, 2.05) is 25.1 Å². The highest BCUT2D eigenvalue weighted by molar-refractivity contribution is 5.64. The van der Waals surface area contributed by atoms with Crippen LogP contribution in [0.15, 0.2) is 29.2 Å². The highest BCUT2D eigenvalue weighted by atomic mass is 16.1. The summed E-state index contributed by atoms with van der Waals surface area (Å²) in [7, 11) is 0. The second-order valence-corrected chi connectivity index (χ2v) is 4.37. The highest BCUT2D eigenvalue weighted by Gasteiger charge is 2.15. The maximum atomic E-state index is 12.2. The fraction of sp³-hybridized carbons (Fsp3) is 0.154. The maximum absolute atomic E-state index is 12.2. The molecule has 96 valence electrons. The minimum Gasteiger partial charge on any atom is -0.369 e. The molecule has 0 fully saturated rings. The first kappa shape index (κ1) is 11.5. The van der Waals surface area contributed by atoms with Crippen LogP contribution >= 0.6 is 0 Å². The van der Waals surface area contributed by atoms with Gasteiger partial charge in [-0.3, -0.25) is 14.2 Å². The number of hydrogen-bond donors (Lipinski definition) is 2. The number of anilines is 1.